The van der Waals surface area contributed by atoms with E-state index in [1.165, 1.54) is 6.20 Å². The van der Waals surface area contributed by atoms with Crippen LogP contribution in [0, 0.1) is 10.1 Å². The third-order valence-corrected chi connectivity index (χ3v) is 4.31. The average molecular weight is 328 g/mol. The van der Waals surface area contributed by atoms with Crippen LogP contribution in [-0.2, 0) is 0 Å². The highest BCUT2D eigenvalue weighted by Crippen LogP contribution is 2.47. The summed E-state index contributed by atoms with van der Waals surface area (Å²) in [4.78, 5) is 14.9. The zero-order valence-electron chi connectivity index (χ0n) is 9.19. The number of nitro groups is 1. The van der Waals surface area contributed by atoms with E-state index in [-0.39, 0.29) is 16.5 Å². The van der Waals surface area contributed by atoms with Crippen LogP contribution >= 0.6 is 27.5 Å². The maximum Gasteiger partial charge on any atom is 0.291 e. The maximum absolute atomic E-state index is 11.1. The largest absolute Gasteiger partial charge is 0.291 e. The molecule has 1 aliphatic carbocycles. The molecule has 4 nitrogen and oxygen atoms in total. The quantitative estimate of drug-likeness (QED) is 0.605. The Labute approximate surface area is 116 Å². The van der Waals surface area contributed by atoms with Crippen LogP contribution in [0.15, 0.2) is 22.8 Å². The van der Waals surface area contributed by atoms with E-state index in [4.69, 9.17) is 11.6 Å². The van der Waals surface area contributed by atoms with Crippen molar-refractivity contribution in [2.75, 3.05) is 0 Å². The highest BCUT2D eigenvalue weighted by Gasteiger charge is 2.33. The topological polar surface area (TPSA) is 56.0 Å². The van der Waals surface area contributed by atoms with Crippen molar-refractivity contribution in [3.8, 4) is 0 Å². The van der Waals surface area contributed by atoms with Gasteiger partial charge in [0.05, 0.1) is 15.5 Å². The second kappa shape index (κ2) is 4.17. The molecule has 6 heteroatoms. The highest BCUT2D eigenvalue weighted by molar-refractivity contribution is 9.10. The monoisotopic (exact) mass is 326 g/mol. The minimum Gasteiger partial charge on any atom is -0.258 e. The lowest BCUT2D eigenvalue weighted by atomic mass is 10.0. The molecule has 3 rings (SSSR count). The molecule has 0 atom stereocenters. The number of aromatic nitrogens is 1. The van der Waals surface area contributed by atoms with E-state index in [0.29, 0.717) is 5.02 Å². The molecule has 0 unspecified atom stereocenters. The van der Waals surface area contributed by atoms with Gasteiger partial charge in [0.2, 0.25) is 0 Å². The van der Waals surface area contributed by atoms with Gasteiger partial charge in [0.25, 0.3) is 5.69 Å². The summed E-state index contributed by atoms with van der Waals surface area (Å²) in [5.74, 6) is 0.271. The number of halogens is 2. The van der Waals surface area contributed by atoms with Gasteiger partial charge >= 0.3 is 0 Å². The summed E-state index contributed by atoms with van der Waals surface area (Å²) in [7, 11) is 0. The van der Waals surface area contributed by atoms with Crippen LogP contribution in [0.4, 0.5) is 5.69 Å². The van der Waals surface area contributed by atoms with Gasteiger partial charge in [0, 0.05) is 15.4 Å². The second-order valence-electron chi connectivity index (χ2n) is 4.37. The summed E-state index contributed by atoms with van der Waals surface area (Å²) >= 11 is 9.41. The maximum atomic E-state index is 11.1. The predicted molar refractivity (Wildman–Crippen MR) is 73.1 cm³/mol. The van der Waals surface area contributed by atoms with Crippen LogP contribution in [0.3, 0.4) is 0 Å². The summed E-state index contributed by atoms with van der Waals surface area (Å²) in [5.41, 5.74) is 1.61. The van der Waals surface area contributed by atoms with E-state index in [1.54, 1.807) is 12.1 Å². The van der Waals surface area contributed by atoms with Crippen molar-refractivity contribution in [3.63, 3.8) is 0 Å². The van der Waals surface area contributed by atoms with E-state index >= 15 is 0 Å². The number of nitrogens with zero attached hydrogens (tertiary/aromatic N) is 2. The number of rotatable bonds is 2. The first-order valence-corrected chi connectivity index (χ1v) is 6.67. The summed E-state index contributed by atoms with van der Waals surface area (Å²) in [6.07, 6.45) is 3.33. The summed E-state index contributed by atoms with van der Waals surface area (Å²) < 4.78 is 0.750. The molecule has 2 aromatic rings. The van der Waals surface area contributed by atoms with Gasteiger partial charge in [0.15, 0.2) is 0 Å². The predicted octanol–water partition coefficient (Wildman–Crippen LogP) is 4.44. The van der Waals surface area contributed by atoms with Crippen LogP contribution in [0.25, 0.3) is 10.9 Å². The summed E-state index contributed by atoms with van der Waals surface area (Å²) in [5, 5.41) is 12.4. The SMILES string of the molecule is O=[N+]([O-])c1cnc2cc(Br)c(Cl)cc2c1C1CC1. The molecule has 1 aromatic carbocycles. The minimum absolute atomic E-state index is 0.100. The Balaban J connectivity index is 2.37. The second-order valence-corrected chi connectivity index (χ2v) is 5.63. The molecule has 1 heterocycles. The molecule has 92 valence electrons. The van der Waals surface area contributed by atoms with Gasteiger partial charge in [-0.3, -0.25) is 10.1 Å². The lowest BCUT2D eigenvalue weighted by Gasteiger charge is -2.07. The molecule has 0 amide bonds. The summed E-state index contributed by atoms with van der Waals surface area (Å²) in [6, 6.07) is 3.56. The molecule has 0 spiro atoms. The van der Waals surface area contributed by atoms with E-state index in [9.17, 15) is 10.1 Å². The first kappa shape index (κ1) is 11.9. The number of hydrogen-bond acceptors (Lipinski definition) is 3. The van der Waals surface area contributed by atoms with Gasteiger partial charge in [-0.25, -0.2) is 4.98 Å². The molecular weight excluding hydrogens is 320 g/mol. The van der Waals surface area contributed by atoms with Crippen molar-refractivity contribution in [3.05, 3.63) is 43.5 Å². The highest BCUT2D eigenvalue weighted by atomic mass is 79.9. The molecule has 0 bridgehead atoms. The minimum atomic E-state index is -0.365. The Morgan fingerprint density at radius 3 is 2.78 bits per heavy atom. The Morgan fingerprint density at radius 2 is 2.17 bits per heavy atom. The molecule has 0 saturated heterocycles. The van der Waals surface area contributed by atoms with E-state index < -0.39 is 0 Å². The van der Waals surface area contributed by atoms with Crippen LogP contribution in [-0.4, -0.2) is 9.91 Å². The van der Waals surface area contributed by atoms with Gasteiger partial charge in [-0.05, 0) is 46.8 Å². The Bertz CT molecular complexity index is 671. The lowest BCUT2D eigenvalue weighted by molar-refractivity contribution is -0.385. The van der Waals surface area contributed by atoms with Crippen LogP contribution in [0.2, 0.25) is 5.02 Å². The average Bonchev–Trinajstić information content (AvgIpc) is 3.13. The fraction of sp³-hybridized carbons (Fsp3) is 0.250. The van der Waals surface area contributed by atoms with Crippen molar-refractivity contribution in [2.24, 2.45) is 0 Å². The molecule has 0 aliphatic heterocycles. The van der Waals surface area contributed by atoms with Crippen LogP contribution in [0.1, 0.15) is 24.3 Å². The fourth-order valence-electron chi connectivity index (χ4n) is 2.14. The van der Waals surface area contributed by atoms with E-state index in [1.807, 2.05) is 0 Å². The van der Waals surface area contributed by atoms with Gasteiger partial charge < -0.3 is 0 Å². The molecule has 1 fully saturated rings. The fourth-order valence-corrected chi connectivity index (χ4v) is 2.64. The third-order valence-electron chi connectivity index (χ3n) is 3.11. The number of pyridine rings is 1. The number of hydrogen-bond donors (Lipinski definition) is 0. The Hall–Kier alpha value is -1.20. The van der Waals surface area contributed by atoms with Crippen LogP contribution < -0.4 is 0 Å². The third kappa shape index (κ3) is 1.87. The number of fused-ring (bicyclic) bond motifs is 1. The first-order valence-electron chi connectivity index (χ1n) is 5.50. The van der Waals surface area contributed by atoms with Crippen molar-refractivity contribution >= 4 is 44.1 Å². The van der Waals surface area contributed by atoms with Gasteiger partial charge in [-0.1, -0.05) is 11.6 Å². The normalized spacial score (nSPS) is 15.0. The van der Waals surface area contributed by atoms with Gasteiger partial charge in [-0.15, -0.1) is 0 Å². The van der Waals surface area contributed by atoms with E-state index in [2.05, 4.69) is 20.9 Å². The number of benzene rings is 1. The molecule has 1 saturated carbocycles. The first-order chi connectivity index (χ1) is 8.58. The smallest absolute Gasteiger partial charge is 0.258 e. The zero-order chi connectivity index (χ0) is 12.9. The molecule has 18 heavy (non-hydrogen) atoms. The molecular formula is C12H8BrClN2O2. The zero-order valence-corrected chi connectivity index (χ0v) is 11.5. The van der Waals surface area contributed by atoms with Crippen molar-refractivity contribution < 1.29 is 4.92 Å². The van der Waals surface area contributed by atoms with E-state index in [0.717, 1.165) is 33.8 Å². The van der Waals surface area contributed by atoms with Crippen molar-refractivity contribution in [2.45, 2.75) is 18.8 Å². The molecule has 0 radical (unpaired) electrons. The lowest BCUT2D eigenvalue weighted by Crippen LogP contribution is -1.97. The Kier molecular flexibility index (Phi) is 2.75. The van der Waals surface area contributed by atoms with Crippen LogP contribution in [0.5, 0.6) is 0 Å². The summed E-state index contributed by atoms with van der Waals surface area (Å²) in [6.45, 7) is 0. The van der Waals surface area contributed by atoms with Crippen molar-refractivity contribution in [1.29, 1.82) is 0 Å². The molecule has 1 aliphatic rings. The molecule has 0 N–H and O–H groups in total. The standard InChI is InChI=1S/C12H8BrClN2O2/c13-8-4-10-7(3-9(8)14)12(6-1-2-6)11(5-15-10)16(17)18/h3-6H,1-2H2. The van der Waals surface area contributed by atoms with Gasteiger partial charge in [0.1, 0.15) is 6.20 Å². The van der Waals surface area contributed by atoms with Crippen molar-refractivity contribution in [1.82, 2.24) is 4.98 Å². The Morgan fingerprint density at radius 1 is 1.44 bits per heavy atom. The van der Waals surface area contributed by atoms with Gasteiger partial charge in [-0.2, -0.15) is 0 Å². The molecule has 1 aromatic heterocycles.